The Kier molecular flexibility index (Phi) is 2.26. The first-order valence-electron chi connectivity index (χ1n) is 4.56. The van der Waals surface area contributed by atoms with Crippen LogP contribution in [0, 0.1) is 0 Å². The maximum absolute atomic E-state index is 10.2. The molecule has 2 rings (SSSR count). The monoisotopic (exact) mass is 197 g/mol. The number of aromatic nitrogens is 1. The lowest BCUT2D eigenvalue weighted by atomic mass is 9.94. The SMILES string of the molecule is OC1(c2cccnc2Cl)CCCC1. The van der Waals surface area contributed by atoms with Gasteiger partial charge in [-0.25, -0.2) is 4.98 Å². The van der Waals surface area contributed by atoms with Gasteiger partial charge in [-0.05, 0) is 18.9 Å². The van der Waals surface area contributed by atoms with Crippen LogP contribution in [0.25, 0.3) is 0 Å². The van der Waals surface area contributed by atoms with Gasteiger partial charge < -0.3 is 5.11 Å². The highest BCUT2D eigenvalue weighted by atomic mass is 35.5. The van der Waals surface area contributed by atoms with E-state index in [1.807, 2.05) is 12.1 Å². The first-order chi connectivity index (χ1) is 6.22. The van der Waals surface area contributed by atoms with Gasteiger partial charge in [0.25, 0.3) is 0 Å². The predicted molar refractivity (Wildman–Crippen MR) is 51.6 cm³/mol. The number of hydrogen-bond acceptors (Lipinski definition) is 2. The second-order valence-electron chi connectivity index (χ2n) is 3.58. The highest BCUT2D eigenvalue weighted by Crippen LogP contribution is 2.40. The fourth-order valence-corrected chi connectivity index (χ4v) is 2.26. The van der Waals surface area contributed by atoms with Crippen molar-refractivity contribution in [3.05, 3.63) is 29.0 Å². The Labute approximate surface area is 82.6 Å². The predicted octanol–water partition coefficient (Wildman–Crippen LogP) is 2.50. The molecule has 0 amide bonds. The van der Waals surface area contributed by atoms with Crippen LogP contribution < -0.4 is 0 Å². The molecule has 0 unspecified atom stereocenters. The third kappa shape index (κ3) is 1.56. The molecule has 2 nitrogen and oxygen atoms in total. The van der Waals surface area contributed by atoms with Gasteiger partial charge >= 0.3 is 0 Å². The van der Waals surface area contributed by atoms with Gasteiger partial charge in [0.2, 0.25) is 0 Å². The number of aliphatic hydroxyl groups is 1. The molecule has 1 aliphatic carbocycles. The molecule has 0 spiro atoms. The van der Waals surface area contributed by atoms with Crippen molar-refractivity contribution in [3.8, 4) is 0 Å². The van der Waals surface area contributed by atoms with E-state index in [1.165, 1.54) is 0 Å². The zero-order chi connectivity index (χ0) is 9.31. The molecule has 13 heavy (non-hydrogen) atoms. The van der Waals surface area contributed by atoms with Gasteiger partial charge in [0.15, 0.2) is 0 Å². The third-order valence-electron chi connectivity index (χ3n) is 2.69. The summed E-state index contributed by atoms with van der Waals surface area (Å²) in [4.78, 5) is 3.97. The van der Waals surface area contributed by atoms with Crippen LogP contribution in [0.3, 0.4) is 0 Å². The van der Waals surface area contributed by atoms with Crippen LogP contribution in [0.4, 0.5) is 0 Å². The molecule has 0 aromatic carbocycles. The number of halogens is 1. The van der Waals surface area contributed by atoms with Crippen LogP contribution in [-0.2, 0) is 5.60 Å². The maximum atomic E-state index is 10.2. The van der Waals surface area contributed by atoms with E-state index >= 15 is 0 Å². The largest absolute Gasteiger partial charge is 0.385 e. The number of nitrogens with zero attached hydrogens (tertiary/aromatic N) is 1. The minimum Gasteiger partial charge on any atom is -0.385 e. The summed E-state index contributed by atoms with van der Waals surface area (Å²) in [5.41, 5.74) is 0.0693. The van der Waals surface area contributed by atoms with Gasteiger partial charge in [-0.3, -0.25) is 0 Å². The molecule has 70 valence electrons. The molecule has 1 aromatic rings. The van der Waals surface area contributed by atoms with Crippen molar-refractivity contribution >= 4 is 11.6 Å². The Morgan fingerprint density at radius 1 is 1.38 bits per heavy atom. The highest BCUT2D eigenvalue weighted by Gasteiger charge is 2.34. The molecule has 1 N–H and O–H groups in total. The Morgan fingerprint density at radius 2 is 2.08 bits per heavy atom. The Bertz CT molecular complexity index is 308. The standard InChI is InChI=1S/C10H12ClNO/c11-9-8(4-3-7-12-9)10(13)5-1-2-6-10/h3-4,7,13H,1-2,5-6H2. The van der Waals surface area contributed by atoms with Crippen molar-refractivity contribution in [2.75, 3.05) is 0 Å². The first kappa shape index (κ1) is 8.97. The third-order valence-corrected chi connectivity index (χ3v) is 2.99. The molecule has 1 fully saturated rings. The molecule has 1 aromatic heterocycles. The van der Waals surface area contributed by atoms with Crippen LogP contribution in [-0.4, -0.2) is 10.1 Å². The smallest absolute Gasteiger partial charge is 0.135 e. The van der Waals surface area contributed by atoms with Crippen LogP contribution in [0.5, 0.6) is 0 Å². The Morgan fingerprint density at radius 3 is 2.69 bits per heavy atom. The molecule has 3 heteroatoms. The first-order valence-corrected chi connectivity index (χ1v) is 4.93. The van der Waals surface area contributed by atoms with E-state index in [0.717, 1.165) is 31.2 Å². The van der Waals surface area contributed by atoms with E-state index in [2.05, 4.69) is 4.98 Å². The molecular formula is C10H12ClNO. The van der Waals surface area contributed by atoms with Gasteiger partial charge in [0.05, 0.1) is 5.60 Å². The van der Waals surface area contributed by atoms with E-state index in [4.69, 9.17) is 11.6 Å². The zero-order valence-electron chi connectivity index (χ0n) is 7.33. The molecule has 0 bridgehead atoms. The van der Waals surface area contributed by atoms with Gasteiger partial charge in [-0.15, -0.1) is 0 Å². The quantitative estimate of drug-likeness (QED) is 0.702. The van der Waals surface area contributed by atoms with E-state index in [9.17, 15) is 5.11 Å². The minimum atomic E-state index is -0.717. The summed E-state index contributed by atoms with van der Waals surface area (Å²) in [6, 6.07) is 3.68. The van der Waals surface area contributed by atoms with Crippen molar-refractivity contribution in [3.63, 3.8) is 0 Å². The van der Waals surface area contributed by atoms with Crippen molar-refractivity contribution in [1.82, 2.24) is 4.98 Å². The average Bonchev–Trinajstić information content (AvgIpc) is 2.54. The van der Waals surface area contributed by atoms with Gasteiger partial charge in [0.1, 0.15) is 5.15 Å². The summed E-state index contributed by atoms with van der Waals surface area (Å²) in [6.45, 7) is 0. The van der Waals surface area contributed by atoms with Crippen molar-refractivity contribution in [2.24, 2.45) is 0 Å². The van der Waals surface area contributed by atoms with Crippen LogP contribution in [0.2, 0.25) is 5.15 Å². The molecule has 1 aliphatic rings. The molecule has 0 aliphatic heterocycles. The fourth-order valence-electron chi connectivity index (χ4n) is 1.96. The fraction of sp³-hybridized carbons (Fsp3) is 0.500. The normalized spacial score (nSPS) is 20.5. The average molecular weight is 198 g/mol. The second-order valence-corrected chi connectivity index (χ2v) is 3.94. The maximum Gasteiger partial charge on any atom is 0.135 e. The summed E-state index contributed by atoms with van der Waals surface area (Å²) in [6.07, 6.45) is 5.39. The molecule has 0 atom stereocenters. The molecule has 0 radical (unpaired) electrons. The van der Waals surface area contributed by atoms with E-state index in [-0.39, 0.29) is 0 Å². The number of hydrogen-bond donors (Lipinski definition) is 1. The van der Waals surface area contributed by atoms with E-state index in [1.54, 1.807) is 6.20 Å². The lowest BCUT2D eigenvalue weighted by Gasteiger charge is -2.22. The van der Waals surface area contributed by atoms with Gasteiger partial charge in [0, 0.05) is 11.8 Å². The molecule has 1 heterocycles. The van der Waals surface area contributed by atoms with E-state index < -0.39 is 5.60 Å². The van der Waals surface area contributed by atoms with Crippen molar-refractivity contribution in [2.45, 2.75) is 31.3 Å². The zero-order valence-corrected chi connectivity index (χ0v) is 8.09. The molecular weight excluding hydrogens is 186 g/mol. The Balaban J connectivity index is 2.39. The Hall–Kier alpha value is -0.600. The second kappa shape index (κ2) is 3.28. The number of pyridine rings is 1. The van der Waals surface area contributed by atoms with Gasteiger partial charge in [-0.1, -0.05) is 30.5 Å². The van der Waals surface area contributed by atoms with Crippen molar-refractivity contribution < 1.29 is 5.11 Å². The van der Waals surface area contributed by atoms with Crippen LogP contribution in [0.1, 0.15) is 31.2 Å². The van der Waals surface area contributed by atoms with Crippen LogP contribution >= 0.6 is 11.6 Å². The summed E-state index contributed by atoms with van der Waals surface area (Å²) < 4.78 is 0. The van der Waals surface area contributed by atoms with Gasteiger partial charge in [-0.2, -0.15) is 0 Å². The minimum absolute atomic E-state index is 0.437. The van der Waals surface area contributed by atoms with E-state index in [0.29, 0.717) is 5.15 Å². The van der Waals surface area contributed by atoms with Crippen LogP contribution in [0.15, 0.2) is 18.3 Å². The summed E-state index contributed by atoms with van der Waals surface area (Å²) >= 11 is 5.92. The summed E-state index contributed by atoms with van der Waals surface area (Å²) in [5.74, 6) is 0. The highest BCUT2D eigenvalue weighted by molar-refractivity contribution is 6.30. The lowest BCUT2D eigenvalue weighted by Crippen LogP contribution is -2.21. The molecule has 0 saturated heterocycles. The topological polar surface area (TPSA) is 33.1 Å². The van der Waals surface area contributed by atoms with Crippen molar-refractivity contribution in [1.29, 1.82) is 0 Å². The molecule has 1 saturated carbocycles. The summed E-state index contributed by atoms with van der Waals surface area (Å²) in [5, 5.41) is 10.7. The number of rotatable bonds is 1. The summed E-state index contributed by atoms with van der Waals surface area (Å²) in [7, 11) is 0. The lowest BCUT2D eigenvalue weighted by molar-refractivity contribution is 0.0442.